The lowest BCUT2D eigenvalue weighted by atomic mass is 9.91. The summed E-state index contributed by atoms with van der Waals surface area (Å²) in [5.41, 5.74) is 0.678. The van der Waals surface area contributed by atoms with Crippen LogP contribution in [0.15, 0.2) is 0 Å². The van der Waals surface area contributed by atoms with E-state index in [1.807, 2.05) is 11.8 Å². The third-order valence-electron chi connectivity index (χ3n) is 3.15. The maximum Gasteiger partial charge on any atom is 0.321 e. The number of hydrogen-bond donors (Lipinski definition) is 1. The third kappa shape index (κ3) is 2.75. The van der Waals surface area contributed by atoms with Gasteiger partial charge < -0.3 is 5.11 Å². The number of carbonyl (C=O) groups is 1. The monoisotopic (exact) mass is 275 g/mol. The summed E-state index contributed by atoms with van der Waals surface area (Å²) in [6.45, 7) is 3.22. The molecule has 2 rings (SSSR count). The van der Waals surface area contributed by atoms with Crippen LogP contribution in [0.3, 0.4) is 0 Å². The van der Waals surface area contributed by atoms with Crippen molar-refractivity contribution in [3.05, 3.63) is 10.0 Å². The highest BCUT2D eigenvalue weighted by atomic mass is 35.5. The molecule has 0 spiro atoms. The summed E-state index contributed by atoms with van der Waals surface area (Å²) in [6.07, 6.45) is 1.97. The molecule has 17 heavy (non-hydrogen) atoms. The Morgan fingerprint density at radius 1 is 1.71 bits per heavy atom. The second kappa shape index (κ2) is 5.29. The molecule has 0 radical (unpaired) electrons. The first-order valence-corrected chi connectivity index (χ1v) is 6.68. The minimum absolute atomic E-state index is 0.159. The minimum atomic E-state index is -0.767. The van der Waals surface area contributed by atoms with E-state index in [-0.39, 0.29) is 5.92 Å². The molecule has 2 heterocycles. The zero-order valence-corrected chi connectivity index (χ0v) is 11.0. The Hall–Kier alpha value is -0.720. The first kappa shape index (κ1) is 12.7. The van der Waals surface area contributed by atoms with Crippen molar-refractivity contribution in [3.8, 4) is 0 Å². The van der Waals surface area contributed by atoms with Crippen LogP contribution in [0.5, 0.6) is 0 Å². The molecule has 0 aliphatic carbocycles. The van der Waals surface area contributed by atoms with Crippen molar-refractivity contribution in [1.29, 1.82) is 0 Å². The van der Waals surface area contributed by atoms with E-state index in [0.717, 1.165) is 30.9 Å². The highest BCUT2D eigenvalue weighted by Gasteiger charge is 2.34. The topological polar surface area (TPSA) is 66.3 Å². The molecule has 5 nitrogen and oxygen atoms in total. The van der Waals surface area contributed by atoms with Gasteiger partial charge in [-0.2, -0.15) is 0 Å². The molecule has 1 aromatic heterocycles. The van der Waals surface area contributed by atoms with Gasteiger partial charge in [-0.25, -0.2) is 0 Å². The fourth-order valence-corrected chi connectivity index (χ4v) is 2.95. The van der Waals surface area contributed by atoms with Gasteiger partial charge in [-0.1, -0.05) is 23.0 Å². The summed E-state index contributed by atoms with van der Waals surface area (Å²) >= 11 is 7.08. The lowest BCUT2D eigenvalue weighted by Crippen LogP contribution is -2.48. The lowest BCUT2D eigenvalue weighted by Gasteiger charge is -2.36. The molecule has 2 unspecified atom stereocenters. The fourth-order valence-electron chi connectivity index (χ4n) is 2.33. The summed E-state index contributed by atoms with van der Waals surface area (Å²) in [4.78, 5) is 13.2. The SMILES string of the molecule is CC1CCCN(Cc2nnsc2Cl)C1C(=O)O. The van der Waals surface area contributed by atoms with Crippen molar-refractivity contribution in [2.75, 3.05) is 6.54 Å². The van der Waals surface area contributed by atoms with Gasteiger partial charge in [0.15, 0.2) is 0 Å². The van der Waals surface area contributed by atoms with Gasteiger partial charge in [-0.15, -0.1) is 5.10 Å². The molecule has 0 bridgehead atoms. The molecule has 94 valence electrons. The van der Waals surface area contributed by atoms with Crippen LogP contribution >= 0.6 is 23.1 Å². The van der Waals surface area contributed by atoms with Gasteiger partial charge in [0.2, 0.25) is 0 Å². The van der Waals surface area contributed by atoms with Crippen molar-refractivity contribution >= 4 is 29.1 Å². The maximum absolute atomic E-state index is 11.3. The van der Waals surface area contributed by atoms with E-state index < -0.39 is 12.0 Å². The number of rotatable bonds is 3. The fraction of sp³-hybridized carbons (Fsp3) is 0.700. The average molecular weight is 276 g/mol. The summed E-state index contributed by atoms with van der Waals surface area (Å²) in [5, 5.41) is 13.2. The first-order chi connectivity index (χ1) is 8.09. The molecule has 1 fully saturated rings. The molecule has 1 N–H and O–H groups in total. The number of aliphatic carboxylic acids is 1. The van der Waals surface area contributed by atoms with E-state index in [1.54, 1.807) is 0 Å². The van der Waals surface area contributed by atoms with E-state index >= 15 is 0 Å². The maximum atomic E-state index is 11.3. The number of carboxylic acid groups (broad SMARTS) is 1. The first-order valence-electron chi connectivity index (χ1n) is 5.53. The number of aromatic nitrogens is 2. The number of hydrogen-bond acceptors (Lipinski definition) is 5. The Kier molecular flexibility index (Phi) is 3.96. The molecule has 1 aliphatic rings. The summed E-state index contributed by atoms with van der Waals surface area (Å²) < 4.78 is 4.31. The van der Waals surface area contributed by atoms with Crippen LogP contribution < -0.4 is 0 Å². The van der Waals surface area contributed by atoms with E-state index in [4.69, 9.17) is 11.6 Å². The Balaban J connectivity index is 2.12. The molecule has 0 aromatic carbocycles. The summed E-state index contributed by atoms with van der Waals surface area (Å²) in [7, 11) is 0. The second-order valence-electron chi connectivity index (χ2n) is 4.37. The molecule has 7 heteroatoms. The predicted octanol–water partition coefficient (Wildman–Crippen LogP) is 1.88. The van der Waals surface area contributed by atoms with Crippen molar-refractivity contribution in [2.24, 2.45) is 5.92 Å². The number of carboxylic acids is 1. The molecule has 1 aliphatic heterocycles. The Labute approximate surface area is 109 Å². The van der Waals surface area contributed by atoms with Gasteiger partial charge in [0.25, 0.3) is 0 Å². The molecule has 2 atom stereocenters. The smallest absolute Gasteiger partial charge is 0.321 e. The zero-order valence-electron chi connectivity index (χ0n) is 9.47. The number of halogens is 1. The lowest BCUT2D eigenvalue weighted by molar-refractivity contribution is -0.147. The van der Waals surface area contributed by atoms with Crippen LogP contribution in [0.2, 0.25) is 4.34 Å². The van der Waals surface area contributed by atoms with Gasteiger partial charge in [0.05, 0.1) is 0 Å². The second-order valence-corrected chi connectivity index (χ2v) is 5.72. The van der Waals surface area contributed by atoms with E-state index in [2.05, 4.69) is 9.59 Å². The summed E-state index contributed by atoms with van der Waals surface area (Å²) in [5.74, 6) is -0.608. The Morgan fingerprint density at radius 3 is 3.06 bits per heavy atom. The van der Waals surface area contributed by atoms with Crippen LogP contribution in [0, 0.1) is 5.92 Å². The standard InChI is InChI=1S/C10H14ClN3O2S/c1-6-3-2-4-14(8(6)10(15)16)5-7-9(11)17-13-12-7/h6,8H,2-5H2,1H3,(H,15,16). The van der Waals surface area contributed by atoms with E-state index in [0.29, 0.717) is 16.6 Å². The Bertz CT molecular complexity index is 412. The van der Waals surface area contributed by atoms with Gasteiger partial charge >= 0.3 is 5.97 Å². The van der Waals surface area contributed by atoms with Crippen LogP contribution in [-0.4, -0.2) is 38.1 Å². The Morgan fingerprint density at radius 2 is 2.47 bits per heavy atom. The predicted molar refractivity (Wildman–Crippen MR) is 65.2 cm³/mol. The van der Waals surface area contributed by atoms with Crippen LogP contribution in [0.4, 0.5) is 0 Å². The van der Waals surface area contributed by atoms with Crippen molar-refractivity contribution in [1.82, 2.24) is 14.5 Å². The quantitative estimate of drug-likeness (QED) is 0.912. The normalized spacial score (nSPS) is 26.0. The van der Waals surface area contributed by atoms with Crippen molar-refractivity contribution in [3.63, 3.8) is 0 Å². The third-order valence-corrected chi connectivity index (χ3v) is 4.14. The van der Waals surface area contributed by atoms with Gasteiger partial charge in [0.1, 0.15) is 16.1 Å². The molecule has 1 aromatic rings. The van der Waals surface area contributed by atoms with Crippen LogP contribution in [0.1, 0.15) is 25.5 Å². The van der Waals surface area contributed by atoms with Crippen molar-refractivity contribution in [2.45, 2.75) is 32.4 Å². The van der Waals surface area contributed by atoms with Crippen LogP contribution in [-0.2, 0) is 11.3 Å². The molecule has 0 amide bonds. The van der Waals surface area contributed by atoms with Crippen LogP contribution in [0.25, 0.3) is 0 Å². The number of nitrogens with zero attached hydrogens (tertiary/aromatic N) is 3. The van der Waals surface area contributed by atoms with E-state index in [1.165, 1.54) is 0 Å². The van der Waals surface area contributed by atoms with E-state index in [9.17, 15) is 9.90 Å². The molecular weight excluding hydrogens is 262 g/mol. The summed E-state index contributed by atoms with van der Waals surface area (Å²) in [6, 6.07) is -0.443. The average Bonchev–Trinajstić information content (AvgIpc) is 2.64. The number of piperidine rings is 1. The molecule has 0 saturated carbocycles. The van der Waals surface area contributed by atoms with Crippen molar-refractivity contribution < 1.29 is 9.90 Å². The molecular formula is C10H14ClN3O2S. The molecule has 1 saturated heterocycles. The number of likely N-dealkylation sites (tertiary alicyclic amines) is 1. The largest absolute Gasteiger partial charge is 0.480 e. The van der Waals surface area contributed by atoms with Gasteiger partial charge in [-0.3, -0.25) is 9.69 Å². The highest BCUT2D eigenvalue weighted by molar-refractivity contribution is 7.10. The highest BCUT2D eigenvalue weighted by Crippen LogP contribution is 2.27. The minimum Gasteiger partial charge on any atom is -0.480 e. The van der Waals surface area contributed by atoms with Gasteiger partial charge in [0, 0.05) is 18.1 Å². The van der Waals surface area contributed by atoms with Gasteiger partial charge in [-0.05, 0) is 25.3 Å². The zero-order chi connectivity index (χ0) is 12.4.